The SMILES string of the molecule is CCCc1ccccc1C(=O)NC1CCc2cccc(Cl)c2C1. The average Bonchev–Trinajstić information content (AvgIpc) is 2.56. The summed E-state index contributed by atoms with van der Waals surface area (Å²) in [6, 6.07) is 14.1. The molecule has 3 rings (SSSR count). The smallest absolute Gasteiger partial charge is 0.251 e. The Morgan fingerprint density at radius 3 is 2.87 bits per heavy atom. The molecule has 1 atom stereocenters. The maximum Gasteiger partial charge on any atom is 0.251 e. The molecule has 120 valence electrons. The van der Waals surface area contributed by atoms with Gasteiger partial charge in [-0.15, -0.1) is 0 Å². The van der Waals surface area contributed by atoms with E-state index in [2.05, 4.69) is 18.3 Å². The number of hydrogen-bond acceptors (Lipinski definition) is 1. The van der Waals surface area contributed by atoms with E-state index in [1.165, 1.54) is 11.1 Å². The maximum atomic E-state index is 12.7. The lowest BCUT2D eigenvalue weighted by Crippen LogP contribution is -2.39. The first-order valence-corrected chi connectivity index (χ1v) is 8.72. The van der Waals surface area contributed by atoms with Crippen LogP contribution in [0.15, 0.2) is 42.5 Å². The van der Waals surface area contributed by atoms with Crippen LogP contribution in [0.2, 0.25) is 5.02 Å². The van der Waals surface area contributed by atoms with Gasteiger partial charge in [0, 0.05) is 16.6 Å². The van der Waals surface area contributed by atoms with Crippen molar-refractivity contribution in [2.45, 2.75) is 45.1 Å². The molecule has 1 N–H and O–H groups in total. The van der Waals surface area contributed by atoms with Crippen molar-refractivity contribution in [3.8, 4) is 0 Å². The van der Waals surface area contributed by atoms with Crippen LogP contribution in [0.4, 0.5) is 0 Å². The normalized spacial score (nSPS) is 16.7. The van der Waals surface area contributed by atoms with Crippen LogP contribution < -0.4 is 5.32 Å². The number of fused-ring (bicyclic) bond motifs is 1. The van der Waals surface area contributed by atoms with Gasteiger partial charge in [-0.05, 0) is 54.5 Å². The highest BCUT2D eigenvalue weighted by Gasteiger charge is 2.23. The zero-order chi connectivity index (χ0) is 16.2. The van der Waals surface area contributed by atoms with E-state index in [0.29, 0.717) is 0 Å². The Morgan fingerprint density at radius 2 is 2.04 bits per heavy atom. The number of hydrogen-bond donors (Lipinski definition) is 1. The minimum Gasteiger partial charge on any atom is -0.349 e. The second-order valence-corrected chi connectivity index (χ2v) is 6.61. The Hall–Kier alpha value is -1.80. The highest BCUT2D eigenvalue weighted by atomic mass is 35.5. The molecule has 23 heavy (non-hydrogen) atoms. The fourth-order valence-electron chi connectivity index (χ4n) is 3.36. The molecule has 0 radical (unpaired) electrons. The molecule has 0 aliphatic heterocycles. The summed E-state index contributed by atoms with van der Waals surface area (Å²) in [5.41, 5.74) is 4.43. The van der Waals surface area contributed by atoms with Gasteiger partial charge in [-0.2, -0.15) is 0 Å². The molecule has 1 amide bonds. The molecule has 0 spiro atoms. The minimum atomic E-state index is 0.0366. The molecule has 2 aromatic carbocycles. The van der Waals surface area contributed by atoms with E-state index in [0.717, 1.165) is 48.3 Å². The summed E-state index contributed by atoms with van der Waals surface area (Å²) >= 11 is 6.31. The summed E-state index contributed by atoms with van der Waals surface area (Å²) in [5.74, 6) is 0.0366. The lowest BCUT2D eigenvalue weighted by molar-refractivity contribution is 0.0932. The average molecular weight is 328 g/mol. The van der Waals surface area contributed by atoms with Gasteiger partial charge in [0.1, 0.15) is 0 Å². The van der Waals surface area contributed by atoms with Crippen molar-refractivity contribution >= 4 is 17.5 Å². The third-order valence-corrected chi connectivity index (χ3v) is 4.90. The lowest BCUT2D eigenvalue weighted by atomic mass is 9.88. The topological polar surface area (TPSA) is 29.1 Å². The van der Waals surface area contributed by atoms with Gasteiger partial charge < -0.3 is 5.32 Å². The number of carbonyl (C=O) groups excluding carboxylic acids is 1. The predicted octanol–water partition coefficient (Wildman–Crippen LogP) is 4.58. The number of halogens is 1. The van der Waals surface area contributed by atoms with Gasteiger partial charge in [0.05, 0.1) is 0 Å². The van der Waals surface area contributed by atoms with Gasteiger partial charge >= 0.3 is 0 Å². The monoisotopic (exact) mass is 327 g/mol. The molecule has 0 saturated carbocycles. The molecular weight excluding hydrogens is 306 g/mol. The highest BCUT2D eigenvalue weighted by molar-refractivity contribution is 6.31. The van der Waals surface area contributed by atoms with Gasteiger partial charge in [0.15, 0.2) is 0 Å². The van der Waals surface area contributed by atoms with Crippen LogP contribution in [0.5, 0.6) is 0 Å². The van der Waals surface area contributed by atoms with E-state index >= 15 is 0 Å². The fourth-order valence-corrected chi connectivity index (χ4v) is 3.63. The first-order valence-electron chi connectivity index (χ1n) is 8.34. The Kier molecular flexibility index (Phi) is 5.02. The van der Waals surface area contributed by atoms with Crippen molar-refractivity contribution in [3.63, 3.8) is 0 Å². The van der Waals surface area contributed by atoms with Crippen molar-refractivity contribution in [2.24, 2.45) is 0 Å². The van der Waals surface area contributed by atoms with Crippen LogP contribution >= 0.6 is 11.6 Å². The van der Waals surface area contributed by atoms with Crippen molar-refractivity contribution in [3.05, 3.63) is 69.7 Å². The standard InChI is InChI=1S/C20H22ClNO/c1-2-6-14-7-3-4-9-17(14)20(23)22-16-12-11-15-8-5-10-19(21)18(15)13-16/h3-5,7-10,16H,2,6,11-13H2,1H3,(H,22,23). The molecule has 1 unspecified atom stereocenters. The number of benzene rings is 2. The third-order valence-electron chi connectivity index (χ3n) is 4.55. The first kappa shape index (κ1) is 16.1. The summed E-state index contributed by atoms with van der Waals surface area (Å²) in [4.78, 5) is 12.7. The predicted molar refractivity (Wildman–Crippen MR) is 95.2 cm³/mol. The Bertz CT molecular complexity index is 711. The van der Waals surface area contributed by atoms with Crippen LogP contribution in [-0.4, -0.2) is 11.9 Å². The van der Waals surface area contributed by atoms with Gasteiger partial charge in [-0.1, -0.05) is 55.3 Å². The zero-order valence-electron chi connectivity index (χ0n) is 13.4. The summed E-state index contributed by atoms with van der Waals surface area (Å²) in [6.07, 6.45) is 4.72. The molecule has 2 aromatic rings. The Labute approximate surface area is 142 Å². The van der Waals surface area contributed by atoms with E-state index < -0.39 is 0 Å². The van der Waals surface area contributed by atoms with E-state index in [1.807, 2.05) is 36.4 Å². The van der Waals surface area contributed by atoms with Gasteiger partial charge in [0.25, 0.3) is 5.91 Å². The molecule has 1 aliphatic rings. The van der Waals surface area contributed by atoms with E-state index in [1.54, 1.807) is 0 Å². The molecule has 1 aliphatic carbocycles. The van der Waals surface area contributed by atoms with Crippen molar-refractivity contribution in [1.82, 2.24) is 5.32 Å². The molecule has 0 heterocycles. The van der Waals surface area contributed by atoms with Crippen LogP contribution in [0.1, 0.15) is 46.8 Å². The Balaban J connectivity index is 1.73. The number of nitrogens with one attached hydrogen (secondary N) is 1. The van der Waals surface area contributed by atoms with Gasteiger partial charge in [-0.3, -0.25) is 4.79 Å². The first-order chi connectivity index (χ1) is 11.2. The summed E-state index contributed by atoms with van der Waals surface area (Å²) in [7, 11) is 0. The third kappa shape index (κ3) is 3.59. The zero-order valence-corrected chi connectivity index (χ0v) is 14.2. The van der Waals surface area contributed by atoms with Crippen LogP contribution in [-0.2, 0) is 19.3 Å². The molecule has 0 aromatic heterocycles. The van der Waals surface area contributed by atoms with E-state index in [-0.39, 0.29) is 11.9 Å². The van der Waals surface area contributed by atoms with Crippen molar-refractivity contribution < 1.29 is 4.79 Å². The Morgan fingerprint density at radius 1 is 1.22 bits per heavy atom. The van der Waals surface area contributed by atoms with Gasteiger partial charge in [0.2, 0.25) is 0 Å². The lowest BCUT2D eigenvalue weighted by Gasteiger charge is -2.26. The summed E-state index contributed by atoms with van der Waals surface area (Å²) in [5, 5.41) is 4.02. The maximum absolute atomic E-state index is 12.7. The van der Waals surface area contributed by atoms with E-state index in [4.69, 9.17) is 11.6 Å². The number of aryl methyl sites for hydroxylation is 2. The molecule has 0 fully saturated rings. The van der Waals surface area contributed by atoms with Crippen molar-refractivity contribution in [2.75, 3.05) is 0 Å². The van der Waals surface area contributed by atoms with Gasteiger partial charge in [-0.25, -0.2) is 0 Å². The molecule has 0 saturated heterocycles. The van der Waals surface area contributed by atoms with Crippen LogP contribution in [0, 0.1) is 0 Å². The summed E-state index contributed by atoms with van der Waals surface area (Å²) in [6.45, 7) is 2.13. The highest BCUT2D eigenvalue weighted by Crippen LogP contribution is 2.28. The quantitative estimate of drug-likeness (QED) is 0.875. The molecule has 3 heteroatoms. The number of amides is 1. The van der Waals surface area contributed by atoms with Crippen molar-refractivity contribution in [1.29, 1.82) is 0 Å². The van der Waals surface area contributed by atoms with E-state index in [9.17, 15) is 4.79 Å². The second kappa shape index (κ2) is 7.18. The van der Waals surface area contributed by atoms with Crippen LogP contribution in [0.3, 0.4) is 0 Å². The number of carbonyl (C=O) groups is 1. The molecular formula is C20H22ClNO. The number of rotatable bonds is 4. The molecule has 0 bridgehead atoms. The molecule has 2 nitrogen and oxygen atoms in total. The second-order valence-electron chi connectivity index (χ2n) is 6.20. The largest absolute Gasteiger partial charge is 0.349 e. The summed E-state index contributed by atoms with van der Waals surface area (Å²) < 4.78 is 0. The fraction of sp³-hybridized carbons (Fsp3) is 0.350. The minimum absolute atomic E-state index is 0.0366. The van der Waals surface area contributed by atoms with Crippen LogP contribution in [0.25, 0.3) is 0 Å².